The molecule has 0 bridgehead atoms. The summed E-state index contributed by atoms with van der Waals surface area (Å²) in [7, 11) is 0. The zero-order chi connectivity index (χ0) is 45.2. The molecule has 341 valence electrons. The van der Waals surface area contributed by atoms with Crippen molar-refractivity contribution in [3.63, 3.8) is 0 Å². The molecule has 0 amide bonds. The first kappa shape index (κ1) is 51.8. The summed E-state index contributed by atoms with van der Waals surface area (Å²) in [5.41, 5.74) is 11.3. The van der Waals surface area contributed by atoms with Crippen LogP contribution in [0.15, 0.2) is 65.4 Å². The molecule has 0 fully saturated rings. The van der Waals surface area contributed by atoms with Crippen LogP contribution in [0.4, 0.5) is 0 Å². The predicted molar refractivity (Wildman–Crippen MR) is 273 cm³/mol. The maximum Gasteiger partial charge on any atom is 0.0446 e. The number of allylic oxidation sites excluding steroid dienone is 2. The number of rotatable bonds is 12. The van der Waals surface area contributed by atoms with E-state index in [0.29, 0.717) is 23.9 Å². The fourth-order valence-corrected chi connectivity index (χ4v) is 11.3. The van der Waals surface area contributed by atoms with E-state index in [9.17, 15) is 0 Å². The largest absolute Gasteiger partial charge is 0.685 e. The minimum absolute atomic E-state index is 0. The second-order valence-corrected chi connectivity index (χ2v) is 23.2. The third-order valence-corrected chi connectivity index (χ3v) is 14.2. The number of aliphatic imine (C=N–C) groups is 1. The third-order valence-electron chi connectivity index (χ3n) is 13.0. The van der Waals surface area contributed by atoms with Gasteiger partial charge in [-0.2, -0.15) is 5.70 Å². The molecule has 0 atom stereocenters. The van der Waals surface area contributed by atoms with Gasteiger partial charge in [0.15, 0.2) is 0 Å². The van der Waals surface area contributed by atoms with E-state index in [-0.39, 0.29) is 41.8 Å². The summed E-state index contributed by atoms with van der Waals surface area (Å²) >= 11 is 1.96. The molecule has 6 rings (SSSR count). The minimum Gasteiger partial charge on any atom is -0.685 e. The first-order valence-electron chi connectivity index (χ1n) is 23.8. The molecule has 3 nitrogen and oxygen atoms in total. The number of hydrogen-bond acceptors (Lipinski definition) is 3. The SMILES string of the molecule is CC(C)(C)Cc1cc2c(sc3c(-c4[c-]c5ccccc5c(C(C)(C)C)c4)nccc32)c2c1C(C)(C)CCC2(C)C.CCC(CC)C(/C=C(\[N-]C(C)C)C(CC)CC)=NC(C)C.[Ir]. The van der Waals surface area contributed by atoms with Gasteiger partial charge in [-0.1, -0.05) is 159 Å². The average Bonchev–Trinajstić information content (AvgIpc) is 3.54. The zero-order valence-corrected chi connectivity index (χ0v) is 45.3. The van der Waals surface area contributed by atoms with Crippen molar-refractivity contribution in [3.8, 4) is 11.3 Å². The second kappa shape index (κ2) is 20.5. The topological polar surface area (TPSA) is 39.4 Å². The summed E-state index contributed by atoms with van der Waals surface area (Å²) in [6.45, 7) is 41.6. The molecule has 0 saturated carbocycles. The Morgan fingerprint density at radius 3 is 1.94 bits per heavy atom. The Hall–Kier alpha value is -2.85. The molecular weight excluding hydrogens is 951 g/mol. The van der Waals surface area contributed by atoms with E-state index in [1.54, 1.807) is 11.1 Å². The molecule has 5 aromatic rings. The van der Waals surface area contributed by atoms with Crippen LogP contribution >= 0.6 is 11.3 Å². The number of nitrogens with zero attached hydrogens (tertiary/aromatic N) is 3. The third kappa shape index (κ3) is 11.7. The Labute approximate surface area is 396 Å². The van der Waals surface area contributed by atoms with Crippen molar-refractivity contribution < 1.29 is 20.1 Å². The van der Waals surface area contributed by atoms with Crippen LogP contribution in [0.5, 0.6) is 0 Å². The van der Waals surface area contributed by atoms with Gasteiger partial charge in [-0.15, -0.1) is 46.5 Å². The Balaban J connectivity index is 0.000000329. The molecule has 5 heteroatoms. The van der Waals surface area contributed by atoms with Crippen LogP contribution in [0.2, 0.25) is 0 Å². The van der Waals surface area contributed by atoms with Crippen molar-refractivity contribution in [1.29, 1.82) is 0 Å². The fourth-order valence-electron chi connectivity index (χ4n) is 9.75. The van der Waals surface area contributed by atoms with Crippen LogP contribution in [0.1, 0.15) is 185 Å². The molecule has 1 aliphatic rings. The molecule has 3 aromatic carbocycles. The van der Waals surface area contributed by atoms with E-state index >= 15 is 0 Å². The number of fused-ring (bicyclic) bond motifs is 6. The monoisotopic (exact) mass is 1030 g/mol. The van der Waals surface area contributed by atoms with Gasteiger partial charge in [0, 0.05) is 64.5 Å². The van der Waals surface area contributed by atoms with Gasteiger partial charge in [0.05, 0.1) is 0 Å². The van der Waals surface area contributed by atoms with Crippen molar-refractivity contribution in [2.45, 2.75) is 198 Å². The Morgan fingerprint density at radius 1 is 0.790 bits per heavy atom. The van der Waals surface area contributed by atoms with Crippen LogP contribution < -0.4 is 0 Å². The fraction of sp³-hybridized carbons (Fsp3) is 0.579. The van der Waals surface area contributed by atoms with E-state index in [2.05, 4.69) is 179 Å². The van der Waals surface area contributed by atoms with Crippen LogP contribution in [0, 0.1) is 23.3 Å². The summed E-state index contributed by atoms with van der Waals surface area (Å²) in [4.78, 5) is 9.94. The van der Waals surface area contributed by atoms with Crippen LogP contribution in [-0.2, 0) is 42.8 Å². The summed E-state index contributed by atoms with van der Waals surface area (Å²) in [6.07, 6.45) is 12.5. The van der Waals surface area contributed by atoms with E-state index < -0.39 is 0 Å². The van der Waals surface area contributed by atoms with Gasteiger partial charge in [0.25, 0.3) is 0 Å². The van der Waals surface area contributed by atoms with Crippen molar-refractivity contribution >= 4 is 48.0 Å². The van der Waals surface area contributed by atoms with Gasteiger partial charge in [-0.05, 0) is 108 Å². The van der Waals surface area contributed by atoms with E-state index in [0.717, 1.165) is 48.7 Å². The quantitative estimate of drug-likeness (QED) is 0.0907. The molecule has 0 saturated heterocycles. The Bertz CT molecular complexity index is 2350. The first-order chi connectivity index (χ1) is 28.5. The normalized spacial score (nSPS) is 15.7. The van der Waals surface area contributed by atoms with Crippen LogP contribution in [-0.4, -0.2) is 22.8 Å². The number of aromatic nitrogens is 1. The Kier molecular flexibility index (Phi) is 17.2. The standard InChI is InChI=1S/C38H44NS.C19H37N2.Ir/c1-35(2,3)22-25-20-28-27-15-18-39-32(24-19-23-13-11-12-14-26(23)29(21-24)36(4,5)6)34(27)40-33(28)31-30(25)37(7,8)16-17-38(31,9)10;1-9-16(10-2)18(20-14(5)6)13-19(21-15(7)8)17(11-3)12-4;/h11-15,18,20-21H,16-17,22H2,1-10H3;13-17H,9-12H2,1-8H3;/q2*-1;/b;18-13-,21-19?;. The molecule has 1 aliphatic carbocycles. The smallest absolute Gasteiger partial charge is 0.0446 e. The van der Waals surface area contributed by atoms with Crippen molar-refractivity contribution in [1.82, 2.24) is 4.98 Å². The van der Waals surface area contributed by atoms with Crippen LogP contribution in [0.3, 0.4) is 0 Å². The number of benzene rings is 3. The first-order valence-corrected chi connectivity index (χ1v) is 24.6. The van der Waals surface area contributed by atoms with Gasteiger partial charge < -0.3 is 5.32 Å². The molecule has 0 aliphatic heterocycles. The summed E-state index contributed by atoms with van der Waals surface area (Å²) in [6, 6.07) is 20.3. The van der Waals surface area contributed by atoms with E-state index in [1.165, 1.54) is 60.9 Å². The molecule has 62 heavy (non-hydrogen) atoms. The summed E-state index contributed by atoms with van der Waals surface area (Å²) < 4.78 is 2.75. The molecule has 2 aromatic heterocycles. The molecule has 0 N–H and O–H groups in total. The average molecular weight is 1030 g/mol. The molecule has 2 heterocycles. The Morgan fingerprint density at radius 2 is 1.39 bits per heavy atom. The van der Waals surface area contributed by atoms with Crippen molar-refractivity contribution in [3.05, 3.63) is 94.1 Å². The zero-order valence-electron chi connectivity index (χ0n) is 42.0. The van der Waals surface area contributed by atoms with Gasteiger partial charge >= 0.3 is 0 Å². The summed E-state index contributed by atoms with van der Waals surface area (Å²) in [5, 5.41) is 10.1. The molecule has 0 unspecified atom stereocenters. The molecule has 0 spiro atoms. The van der Waals surface area contributed by atoms with Gasteiger partial charge in [0.2, 0.25) is 0 Å². The van der Waals surface area contributed by atoms with E-state index in [4.69, 9.17) is 15.3 Å². The van der Waals surface area contributed by atoms with Gasteiger partial charge in [0.1, 0.15) is 0 Å². The second-order valence-electron chi connectivity index (χ2n) is 22.2. The minimum atomic E-state index is 0. The number of thiophene rings is 1. The number of pyridine rings is 1. The van der Waals surface area contributed by atoms with Gasteiger partial charge in [-0.3, -0.25) is 9.98 Å². The van der Waals surface area contributed by atoms with Crippen molar-refractivity contribution in [2.24, 2.45) is 22.2 Å². The maximum absolute atomic E-state index is 5.04. The predicted octanol–water partition coefficient (Wildman–Crippen LogP) is 17.7. The molecular formula is C57H81IrN3S-2. The van der Waals surface area contributed by atoms with Gasteiger partial charge in [-0.25, -0.2) is 0 Å². The summed E-state index contributed by atoms with van der Waals surface area (Å²) in [5.74, 6) is 1.11. The van der Waals surface area contributed by atoms with Crippen LogP contribution in [0.25, 0.3) is 47.5 Å². The van der Waals surface area contributed by atoms with Crippen molar-refractivity contribution in [2.75, 3.05) is 0 Å². The van der Waals surface area contributed by atoms with E-state index in [1.807, 2.05) is 17.5 Å². The maximum atomic E-state index is 5.04. The molecule has 1 radical (unpaired) electrons. The number of hydrogen-bond donors (Lipinski definition) is 0.